The molecule has 18 heavy (non-hydrogen) atoms. The lowest BCUT2D eigenvalue weighted by Crippen LogP contribution is -2.34. The van der Waals surface area contributed by atoms with Crippen LogP contribution in [0.25, 0.3) is 0 Å². The molecule has 0 aliphatic carbocycles. The Morgan fingerprint density at radius 2 is 2.11 bits per heavy atom. The normalized spacial score (nSPS) is 23.5. The molecule has 2 nitrogen and oxygen atoms in total. The van der Waals surface area contributed by atoms with Crippen molar-refractivity contribution >= 4 is 0 Å². The van der Waals surface area contributed by atoms with Crippen molar-refractivity contribution in [3.8, 4) is 0 Å². The summed E-state index contributed by atoms with van der Waals surface area (Å²) in [6.07, 6.45) is -0.785. The molecule has 0 aromatic heterocycles. The number of hydrogen-bond donors (Lipinski definition) is 1. The average molecular weight is 266 g/mol. The van der Waals surface area contributed by atoms with Crippen LogP contribution in [0, 0.1) is 11.8 Å². The third-order valence-corrected chi connectivity index (χ3v) is 3.48. The standard InChI is InChI=1S/C13H25F3N2/c1-3-4-11(2)7-17-8-12-5-6-18(9-12)10-13(14,15)16/h11-12,17H,3-10H2,1-2H3. The molecule has 1 heterocycles. The summed E-state index contributed by atoms with van der Waals surface area (Å²) < 4.78 is 36.7. The molecule has 5 heteroatoms. The Bertz CT molecular complexity index is 231. The van der Waals surface area contributed by atoms with Crippen LogP contribution >= 0.6 is 0 Å². The van der Waals surface area contributed by atoms with Crippen LogP contribution in [0.1, 0.15) is 33.1 Å². The van der Waals surface area contributed by atoms with Crippen molar-refractivity contribution in [3.05, 3.63) is 0 Å². The van der Waals surface area contributed by atoms with Gasteiger partial charge in [0.15, 0.2) is 0 Å². The second-order valence-electron chi connectivity index (χ2n) is 5.56. The van der Waals surface area contributed by atoms with Crippen LogP contribution in [0.3, 0.4) is 0 Å². The quantitative estimate of drug-likeness (QED) is 0.762. The van der Waals surface area contributed by atoms with Gasteiger partial charge in [-0.1, -0.05) is 20.3 Å². The van der Waals surface area contributed by atoms with Crippen molar-refractivity contribution in [2.24, 2.45) is 11.8 Å². The van der Waals surface area contributed by atoms with Crippen LogP contribution in [-0.2, 0) is 0 Å². The van der Waals surface area contributed by atoms with Gasteiger partial charge in [0, 0.05) is 6.54 Å². The molecular formula is C13H25F3N2. The first-order valence-corrected chi connectivity index (χ1v) is 6.90. The second kappa shape index (κ2) is 7.34. The van der Waals surface area contributed by atoms with Crippen molar-refractivity contribution in [2.45, 2.75) is 39.3 Å². The molecule has 0 aromatic rings. The summed E-state index contributed by atoms with van der Waals surface area (Å²) in [7, 11) is 0. The molecule has 1 aliphatic rings. The van der Waals surface area contributed by atoms with E-state index in [1.54, 1.807) is 0 Å². The molecule has 0 bridgehead atoms. The first-order valence-electron chi connectivity index (χ1n) is 6.90. The largest absolute Gasteiger partial charge is 0.401 e. The van der Waals surface area contributed by atoms with E-state index in [9.17, 15) is 13.2 Å². The van der Waals surface area contributed by atoms with E-state index in [0.717, 1.165) is 19.5 Å². The van der Waals surface area contributed by atoms with Gasteiger partial charge < -0.3 is 5.32 Å². The zero-order valence-electron chi connectivity index (χ0n) is 11.4. The van der Waals surface area contributed by atoms with Gasteiger partial charge in [-0.2, -0.15) is 13.2 Å². The molecule has 2 unspecified atom stereocenters. The number of nitrogens with one attached hydrogen (secondary N) is 1. The second-order valence-corrected chi connectivity index (χ2v) is 5.56. The zero-order valence-corrected chi connectivity index (χ0v) is 11.4. The van der Waals surface area contributed by atoms with E-state index in [-0.39, 0.29) is 0 Å². The number of alkyl halides is 3. The summed E-state index contributed by atoms with van der Waals surface area (Å²) in [5.41, 5.74) is 0. The maximum Gasteiger partial charge on any atom is 0.401 e. The first-order chi connectivity index (χ1) is 8.40. The Morgan fingerprint density at radius 1 is 1.39 bits per heavy atom. The topological polar surface area (TPSA) is 15.3 Å². The van der Waals surface area contributed by atoms with Gasteiger partial charge >= 0.3 is 6.18 Å². The third kappa shape index (κ3) is 6.59. The van der Waals surface area contributed by atoms with Crippen LogP contribution in [0.15, 0.2) is 0 Å². The monoisotopic (exact) mass is 266 g/mol. The van der Waals surface area contributed by atoms with Crippen LogP contribution in [0.5, 0.6) is 0 Å². The van der Waals surface area contributed by atoms with E-state index < -0.39 is 12.7 Å². The summed E-state index contributed by atoms with van der Waals surface area (Å²) in [4.78, 5) is 1.52. The van der Waals surface area contributed by atoms with Crippen molar-refractivity contribution in [3.63, 3.8) is 0 Å². The lowest BCUT2D eigenvalue weighted by atomic mass is 10.1. The molecule has 108 valence electrons. The van der Waals surface area contributed by atoms with Crippen molar-refractivity contribution in [1.82, 2.24) is 10.2 Å². The van der Waals surface area contributed by atoms with E-state index in [2.05, 4.69) is 19.2 Å². The molecule has 1 N–H and O–H groups in total. The molecule has 0 saturated carbocycles. The van der Waals surface area contributed by atoms with Gasteiger partial charge in [-0.05, 0) is 44.3 Å². The first kappa shape index (κ1) is 15.8. The van der Waals surface area contributed by atoms with Gasteiger partial charge in [0.2, 0.25) is 0 Å². The molecule has 1 rings (SSSR count). The van der Waals surface area contributed by atoms with Gasteiger partial charge in [-0.25, -0.2) is 0 Å². The Morgan fingerprint density at radius 3 is 2.72 bits per heavy atom. The molecule has 0 aromatic carbocycles. The number of rotatable bonds is 7. The lowest BCUT2D eigenvalue weighted by molar-refractivity contribution is -0.143. The average Bonchev–Trinajstić information content (AvgIpc) is 2.63. The van der Waals surface area contributed by atoms with Crippen LogP contribution in [-0.4, -0.2) is 43.8 Å². The number of nitrogens with zero attached hydrogens (tertiary/aromatic N) is 1. The predicted molar refractivity (Wildman–Crippen MR) is 67.5 cm³/mol. The Balaban J connectivity index is 2.11. The summed E-state index contributed by atoms with van der Waals surface area (Å²) in [6, 6.07) is 0. The molecular weight excluding hydrogens is 241 g/mol. The highest BCUT2D eigenvalue weighted by atomic mass is 19.4. The minimum atomic E-state index is -4.06. The Labute approximate surface area is 108 Å². The highest BCUT2D eigenvalue weighted by Crippen LogP contribution is 2.22. The SMILES string of the molecule is CCCC(C)CNCC1CCN(CC(F)(F)F)C1. The van der Waals surface area contributed by atoms with Gasteiger partial charge in [0.25, 0.3) is 0 Å². The van der Waals surface area contributed by atoms with E-state index in [0.29, 0.717) is 24.9 Å². The van der Waals surface area contributed by atoms with E-state index in [4.69, 9.17) is 0 Å². The van der Waals surface area contributed by atoms with Gasteiger partial charge in [-0.15, -0.1) is 0 Å². The Hall–Kier alpha value is -0.290. The molecule has 0 amide bonds. The highest BCUT2D eigenvalue weighted by molar-refractivity contribution is 4.78. The maximum absolute atomic E-state index is 12.2. The van der Waals surface area contributed by atoms with E-state index in [1.165, 1.54) is 17.7 Å². The molecule has 1 fully saturated rings. The summed E-state index contributed by atoms with van der Waals surface area (Å²) in [5.74, 6) is 1.03. The van der Waals surface area contributed by atoms with E-state index >= 15 is 0 Å². The summed E-state index contributed by atoms with van der Waals surface area (Å²) >= 11 is 0. The predicted octanol–water partition coefficient (Wildman–Crippen LogP) is 2.90. The minimum absolute atomic E-state index is 0.376. The molecule has 1 aliphatic heterocycles. The van der Waals surface area contributed by atoms with Crippen LogP contribution < -0.4 is 5.32 Å². The zero-order chi connectivity index (χ0) is 13.6. The minimum Gasteiger partial charge on any atom is -0.316 e. The number of hydrogen-bond acceptors (Lipinski definition) is 2. The van der Waals surface area contributed by atoms with Crippen LogP contribution in [0.2, 0.25) is 0 Å². The molecule has 1 saturated heterocycles. The van der Waals surface area contributed by atoms with Gasteiger partial charge in [0.1, 0.15) is 0 Å². The van der Waals surface area contributed by atoms with Crippen LogP contribution in [0.4, 0.5) is 13.2 Å². The fraction of sp³-hybridized carbons (Fsp3) is 1.00. The third-order valence-electron chi connectivity index (χ3n) is 3.48. The smallest absolute Gasteiger partial charge is 0.316 e. The van der Waals surface area contributed by atoms with Crippen molar-refractivity contribution in [1.29, 1.82) is 0 Å². The van der Waals surface area contributed by atoms with Gasteiger partial charge in [0.05, 0.1) is 6.54 Å². The molecule has 0 radical (unpaired) electrons. The highest BCUT2D eigenvalue weighted by Gasteiger charge is 2.34. The maximum atomic E-state index is 12.2. The fourth-order valence-electron chi connectivity index (χ4n) is 2.61. The molecule has 2 atom stereocenters. The number of halogens is 3. The fourth-order valence-corrected chi connectivity index (χ4v) is 2.61. The summed E-state index contributed by atoms with van der Waals surface area (Å²) in [6.45, 7) is 6.61. The molecule has 0 spiro atoms. The van der Waals surface area contributed by atoms with Gasteiger partial charge in [-0.3, -0.25) is 4.90 Å². The van der Waals surface area contributed by atoms with Crippen molar-refractivity contribution in [2.75, 3.05) is 32.7 Å². The Kier molecular flexibility index (Phi) is 6.43. The van der Waals surface area contributed by atoms with Crippen molar-refractivity contribution < 1.29 is 13.2 Å². The summed E-state index contributed by atoms with van der Waals surface area (Å²) in [5, 5.41) is 3.39. The number of likely N-dealkylation sites (tertiary alicyclic amines) is 1. The lowest BCUT2D eigenvalue weighted by Gasteiger charge is -2.18. The van der Waals surface area contributed by atoms with E-state index in [1.807, 2.05) is 0 Å².